The standard InChI is InChI=1S/C6H3BrFNO2.C5H4BrFN2/c7-5-4(8)3(6(10)11)1-2-9-5;6-5-4(7)3(8)1-2-9-5/h1-2H,(H,10,11);1-2H,(H2,8,9). The molecule has 0 aromatic carbocycles. The second kappa shape index (κ2) is 7.25. The van der Waals surface area contributed by atoms with E-state index in [1.807, 2.05) is 0 Å². The SMILES string of the molecule is Nc1ccnc(Br)c1F.O=C(O)c1ccnc(Br)c1F. The van der Waals surface area contributed by atoms with E-state index in [0.29, 0.717) is 0 Å². The molecule has 0 aliphatic rings. The highest BCUT2D eigenvalue weighted by atomic mass is 79.9. The lowest BCUT2D eigenvalue weighted by Crippen LogP contribution is -2.01. The van der Waals surface area contributed by atoms with Crippen molar-refractivity contribution in [1.82, 2.24) is 9.97 Å². The zero-order chi connectivity index (χ0) is 15.3. The maximum atomic E-state index is 12.8. The van der Waals surface area contributed by atoms with Gasteiger partial charge in [0.15, 0.2) is 11.6 Å². The Morgan fingerprint density at radius 2 is 1.60 bits per heavy atom. The lowest BCUT2D eigenvalue weighted by Gasteiger charge is -1.96. The number of hydrogen-bond donors (Lipinski definition) is 2. The van der Waals surface area contributed by atoms with Crippen LogP contribution in [0.3, 0.4) is 0 Å². The minimum Gasteiger partial charge on any atom is -0.478 e. The highest BCUT2D eigenvalue weighted by Crippen LogP contribution is 2.16. The van der Waals surface area contributed by atoms with Crippen LogP contribution < -0.4 is 5.73 Å². The Morgan fingerprint density at radius 3 is 2.00 bits per heavy atom. The van der Waals surface area contributed by atoms with Gasteiger partial charge >= 0.3 is 5.97 Å². The number of anilines is 1. The molecule has 0 radical (unpaired) electrons. The quantitative estimate of drug-likeness (QED) is 0.704. The van der Waals surface area contributed by atoms with Crippen LogP contribution in [0.4, 0.5) is 14.5 Å². The van der Waals surface area contributed by atoms with Gasteiger partial charge in [0.05, 0.1) is 11.3 Å². The molecule has 0 saturated heterocycles. The Labute approximate surface area is 129 Å². The largest absolute Gasteiger partial charge is 0.478 e. The van der Waals surface area contributed by atoms with Crippen molar-refractivity contribution in [3.8, 4) is 0 Å². The van der Waals surface area contributed by atoms with E-state index in [-0.39, 0.29) is 20.5 Å². The van der Waals surface area contributed by atoms with Crippen LogP contribution in [0.5, 0.6) is 0 Å². The number of pyridine rings is 2. The van der Waals surface area contributed by atoms with E-state index in [2.05, 4.69) is 41.8 Å². The molecule has 0 spiro atoms. The van der Waals surface area contributed by atoms with Crippen molar-refractivity contribution in [3.63, 3.8) is 0 Å². The third kappa shape index (κ3) is 4.20. The lowest BCUT2D eigenvalue weighted by molar-refractivity contribution is 0.0691. The zero-order valence-corrected chi connectivity index (χ0v) is 12.8. The molecule has 0 fully saturated rings. The normalized spacial score (nSPS) is 9.60. The first-order valence-electron chi connectivity index (χ1n) is 4.93. The van der Waals surface area contributed by atoms with E-state index < -0.39 is 17.6 Å². The fourth-order valence-electron chi connectivity index (χ4n) is 1.02. The van der Waals surface area contributed by atoms with Crippen molar-refractivity contribution in [1.29, 1.82) is 0 Å². The van der Waals surface area contributed by atoms with Gasteiger partial charge in [-0.15, -0.1) is 0 Å². The molecular formula is C11H7Br2F2N3O2. The number of nitrogens with two attached hydrogens (primary N) is 1. The minimum atomic E-state index is -1.30. The molecule has 0 aliphatic carbocycles. The molecule has 2 aromatic rings. The number of aromatic carboxylic acids is 1. The Hall–Kier alpha value is -1.61. The van der Waals surface area contributed by atoms with Gasteiger partial charge in [0, 0.05) is 12.4 Å². The van der Waals surface area contributed by atoms with Gasteiger partial charge in [0.2, 0.25) is 0 Å². The van der Waals surface area contributed by atoms with Crippen molar-refractivity contribution in [2.45, 2.75) is 0 Å². The molecule has 0 atom stereocenters. The van der Waals surface area contributed by atoms with E-state index in [4.69, 9.17) is 10.8 Å². The fraction of sp³-hybridized carbons (Fsp3) is 0. The Bertz CT molecular complexity index is 621. The van der Waals surface area contributed by atoms with E-state index in [0.717, 1.165) is 6.07 Å². The van der Waals surface area contributed by atoms with Crippen LogP contribution in [0.15, 0.2) is 33.7 Å². The number of carbonyl (C=O) groups is 1. The first-order valence-corrected chi connectivity index (χ1v) is 6.52. The molecule has 0 saturated carbocycles. The smallest absolute Gasteiger partial charge is 0.338 e. The molecule has 20 heavy (non-hydrogen) atoms. The number of rotatable bonds is 1. The molecule has 5 nitrogen and oxygen atoms in total. The summed E-state index contributed by atoms with van der Waals surface area (Å²) in [4.78, 5) is 17.4. The van der Waals surface area contributed by atoms with E-state index in [9.17, 15) is 13.6 Å². The van der Waals surface area contributed by atoms with E-state index >= 15 is 0 Å². The molecule has 0 bridgehead atoms. The van der Waals surface area contributed by atoms with Crippen LogP contribution in [0.25, 0.3) is 0 Å². The molecular weight excluding hydrogens is 404 g/mol. The van der Waals surface area contributed by atoms with Crippen LogP contribution in [0, 0.1) is 11.6 Å². The molecule has 0 aliphatic heterocycles. The van der Waals surface area contributed by atoms with Gasteiger partial charge in [0.25, 0.3) is 0 Å². The maximum Gasteiger partial charge on any atom is 0.338 e. The number of carboxylic acids is 1. The number of hydrogen-bond acceptors (Lipinski definition) is 4. The van der Waals surface area contributed by atoms with Gasteiger partial charge in [-0.25, -0.2) is 23.5 Å². The predicted molar refractivity (Wildman–Crippen MR) is 75.2 cm³/mol. The first-order chi connectivity index (χ1) is 9.34. The summed E-state index contributed by atoms with van der Waals surface area (Å²) in [7, 11) is 0. The van der Waals surface area contributed by atoms with Crippen LogP contribution in [-0.2, 0) is 0 Å². The van der Waals surface area contributed by atoms with Crippen LogP contribution in [-0.4, -0.2) is 21.0 Å². The summed E-state index contributed by atoms with van der Waals surface area (Å²) in [5.74, 6) is -2.65. The summed E-state index contributed by atoms with van der Waals surface area (Å²) in [6.07, 6.45) is 2.65. The average Bonchev–Trinajstić information content (AvgIpc) is 2.39. The lowest BCUT2D eigenvalue weighted by atomic mass is 10.3. The first kappa shape index (κ1) is 16.4. The molecule has 2 rings (SSSR count). The Morgan fingerprint density at radius 1 is 1.10 bits per heavy atom. The van der Waals surface area contributed by atoms with Crippen LogP contribution >= 0.6 is 31.9 Å². The van der Waals surface area contributed by atoms with Gasteiger partial charge < -0.3 is 10.8 Å². The maximum absolute atomic E-state index is 12.8. The number of nitrogens with zero attached hydrogens (tertiary/aromatic N) is 2. The highest BCUT2D eigenvalue weighted by Gasteiger charge is 2.12. The molecule has 0 unspecified atom stereocenters. The molecule has 106 valence electrons. The summed E-state index contributed by atoms with van der Waals surface area (Å²) in [5, 5.41) is 8.40. The summed E-state index contributed by atoms with van der Waals surface area (Å²) in [6.45, 7) is 0. The summed E-state index contributed by atoms with van der Waals surface area (Å²) in [5.41, 5.74) is 4.90. The summed E-state index contributed by atoms with van der Waals surface area (Å²) >= 11 is 5.64. The fourth-order valence-corrected chi connectivity index (χ4v) is 1.69. The molecule has 9 heteroatoms. The monoisotopic (exact) mass is 409 g/mol. The minimum absolute atomic E-state index is 0.0857. The van der Waals surface area contributed by atoms with Crippen LogP contribution in [0.2, 0.25) is 0 Å². The van der Waals surface area contributed by atoms with Gasteiger partial charge in [-0.2, -0.15) is 0 Å². The van der Waals surface area contributed by atoms with E-state index in [1.165, 1.54) is 18.5 Å². The summed E-state index contributed by atoms with van der Waals surface area (Å²) in [6, 6.07) is 2.50. The average molecular weight is 411 g/mol. The van der Waals surface area contributed by atoms with Crippen molar-refractivity contribution >= 4 is 43.5 Å². The van der Waals surface area contributed by atoms with Gasteiger partial charge in [-0.1, -0.05) is 0 Å². The number of halogens is 4. The predicted octanol–water partition coefficient (Wildman–Crippen LogP) is 3.25. The highest BCUT2D eigenvalue weighted by molar-refractivity contribution is 9.10. The second-order valence-corrected chi connectivity index (χ2v) is 4.78. The second-order valence-electron chi connectivity index (χ2n) is 3.27. The zero-order valence-electron chi connectivity index (χ0n) is 9.65. The Balaban J connectivity index is 0.000000204. The van der Waals surface area contributed by atoms with Gasteiger partial charge in [-0.05, 0) is 44.0 Å². The van der Waals surface area contributed by atoms with Crippen molar-refractivity contribution in [2.24, 2.45) is 0 Å². The van der Waals surface area contributed by atoms with Crippen molar-refractivity contribution < 1.29 is 18.7 Å². The van der Waals surface area contributed by atoms with Crippen molar-refractivity contribution in [2.75, 3.05) is 5.73 Å². The molecule has 3 N–H and O–H groups in total. The summed E-state index contributed by atoms with van der Waals surface area (Å²) < 4.78 is 25.3. The Kier molecular flexibility index (Phi) is 5.96. The third-order valence-corrected chi connectivity index (χ3v) is 3.06. The van der Waals surface area contributed by atoms with Gasteiger partial charge in [-0.3, -0.25) is 0 Å². The number of nitrogen functional groups attached to an aromatic ring is 1. The topological polar surface area (TPSA) is 89.1 Å². The molecule has 2 aromatic heterocycles. The van der Waals surface area contributed by atoms with Crippen LogP contribution in [0.1, 0.15) is 10.4 Å². The van der Waals surface area contributed by atoms with Gasteiger partial charge in [0.1, 0.15) is 9.21 Å². The van der Waals surface area contributed by atoms with E-state index in [1.54, 1.807) is 0 Å². The third-order valence-electron chi connectivity index (χ3n) is 1.95. The number of carboxylic acid groups (broad SMARTS) is 1. The molecule has 0 amide bonds. The van der Waals surface area contributed by atoms with Crippen molar-refractivity contribution in [3.05, 3.63) is 50.9 Å². The molecule has 2 heterocycles. The number of aromatic nitrogens is 2.